The van der Waals surface area contributed by atoms with E-state index in [-0.39, 0.29) is 12.0 Å². The van der Waals surface area contributed by atoms with E-state index < -0.39 is 0 Å². The average Bonchev–Trinajstić information content (AvgIpc) is 2.98. The zero-order chi connectivity index (χ0) is 14.2. The minimum atomic E-state index is 0.192. The first kappa shape index (κ1) is 15.3. The standard InChI is InChI=1S/C15H22N2O2S/c1-20-10-7-15(18)17(12-14-6-4-9-19-14)11-13-5-2-3-8-16-13/h2-3,5,8,14H,4,6-7,9-12H2,1H3/t14-/m0/s1. The molecule has 1 amide bonds. The maximum Gasteiger partial charge on any atom is 0.223 e. The highest BCUT2D eigenvalue weighted by molar-refractivity contribution is 7.98. The van der Waals surface area contributed by atoms with Gasteiger partial charge in [0.05, 0.1) is 18.3 Å². The summed E-state index contributed by atoms with van der Waals surface area (Å²) >= 11 is 1.70. The van der Waals surface area contributed by atoms with Crippen molar-refractivity contribution >= 4 is 17.7 Å². The first-order valence-corrected chi connectivity index (χ1v) is 8.47. The second kappa shape index (κ2) is 8.27. The van der Waals surface area contributed by atoms with E-state index in [0.717, 1.165) is 30.9 Å². The Morgan fingerprint density at radius 1 is 1.55 bits per heavy atom. The maximum atomic E-state index is 12.3. The van der Waals surface area contributed by atoms with E-state index in [1.54, 1.807) is 18.0 Å². The summed E-state index contributed by atoms with van der Waals surface area (Å²) in [5, 5.41) is 0. The monoisotopic (exact) mass is 294 g/mol. The molecule has 0 bridgehead atoms. The van der Waals surface area contributed by atoms with Crippen molar-refractivity contribution < 1.29 is 9.53 Å². The van der Waals surface area contributed by atoms with Crippen molar-refractivity contribution in [3.05, 3.63) is 30.1 Å². The lowest BCUT2D eigenvalue weighted by Crippen LogP contribution is -2.37. The predicted octanol–water partition coefficient (Wildman–Crippen LogP) is 2.34. The van der Waals surface area contributed by atoms with Crippen LogP contribution in [0.3, 0.4) is 0 Å². The summed E-state index contributed by atoms with van der Waals surface area (Å²) in [6.45, 7) is 2.08. The molecule has 0 radical (unpaired) electrons. The molecule has 0 N–H and O–H groups in total. The molecule has 0 spiro atoms. The number of pyridine rings is 1. The molecular weight excluding hydrogens is 272 g/mol. The highest BCUT2D eigenvalue weighted by Gasteiger charge is 2.22. The van der Waals surface area contributed by atoms with E-state index in [1.807, 2.05) is 29.4 Å². The van der Waals surface area contributed by atoms with Crippen LogP contribution in [0, 0.1) is 0 Å². The Morgan fingerprint density at radius 2 is 2.45 bits per heavy atom. The number of carbonyl (C=O) groups is 1. The molecule has 1 aromatic rings. The van der Waals surface area contributed by atoms with Crippen molar-refractivity contribution in [2.24, 2.45) is 0 Å². The second-order valence-electron chi connectivity index (χ2n) is 4.97. The molecule has 1 atom stereocenters. The Hall–Kier alpha value is -1.07. The third kappa shape index (κ3) is 4.80. The fraction of sp³-hybridized carbons (Fsp3) is 0.600. The van der Waals surface area contributed by atoms with Gasteiger partial charge in [0.2, 0.25) is 5.91 Å². The summed E-state index contributed by atoms with van der Waals surface area (Å²) in [6.07, 6.45) is 6.72. The summed E-state index contributed by atoms with van der Waals surface area (Å²) < 4.78 is 5.66. The molecular formula is C15H22N2O2S. The molecule has 2 heterocycles. The van der Waals surface area contributed by atoms with Crippen molar-refractivity contribution in [2.75, 3.05) is 25.2 Å². The quantitative estimate of drug-likeness (QED) is 0.774. The van der Waals surface area contributed by atoms with Crippen LogP contribution in [-0.4, -0.2) is 47.1 Å². The Kier molecular flexibility index (Phi) is 6.33. The molecule has 110 valence electrons. The Morgan fingerprint density at radius 3 is 3.10 bits per heavy atom. The molecule has 5 heteroatoms. The number of thioether (sulfide) groups is 1. The first-order chi connectivity index (χ1) is 9.79. The zero-order valence-electron chi connectivity index (χ0n) is 12.0. The van der Waals surface area contributed by atoms with Crippen LogP contribution in [0.1, 0.15) is 25.0 Å². The normalized spacial score (nSPS) is 18.1. The molecule has 0 unspecified atom stereocenters. The largest absolute Gasteiger partial charge is 0.376 e. The van der Waals surface area contributed by atoms with Crippen LogP contribution >= 0.6 is 11.8 Å². The topological polar surface area (TPSA) is 42.4 Å². The van der Waals surface area contributed by atoms with Gasteiger partial charge in [0, 0.05) is 31.5 Å². The number of aromatic nitrogens is 1. The molecule has 0 aromatic carbocycles. The van der Waals surface area contributed by atoms with Crippen LogP contribution in [0.25, 0.3) is 0 Å². The number of ether oxygens (including phenoxy) is 1. The molecule has 20 heavy (non-hydrogen) atoms. The zero-order valence-corrected chi connectivity index (χ0v) is 12.8. The van der Waals surface area contributed by atoms with Crippen LogP contribution in [0.2, 0.25) is 0 Å². The van der Waals surface area contributed by atoms with Gasteiger partial charge in [0.25, 0.3) is 0 Å². The fourth-order valence-corrected chi connectivity index (χ4v) is 2.70. The summed E-state index contributed by atoms with van der Waals surface area (Å²) in [5.74, 6) is 1.06. The van der Waals surface area contributed by atoms with Gasteiger partial charge < -0.3 is 9.64 Å². The molecule has 0 aliphatic carbocycles. The summed E-state index contributed by atoms with van der Waals surface area (Å²) in [6, 6.07) is 5.81. The molecule has 1 fully saturated rings. The number of amides is 1. The van der Waals surface area contributed by atoms with Crippen molar-refractivity contribution in [2.45, 2.75) is 31.9 Å². The first-order valence-electron chi connectivity index (χ1n) is 7.08. The lowest BCUT2D eigenvalue weighted by Gasteiger charge is -2.25. The third-order valence-electron chi connectivity index (χ3n) is 3.40. The van der Waals surface area contributed by atoms with Gasteiger partial charge in [-0.15, -0.1) is 0 Å². The van der Waals surface area contributed by atoms with Gasteiger partial charge in [0.1, 0.15) is 0 Å². The fourth-order valence-electron chi connectivity index (χ4n) is 2.32. The summed E-state index contributed by atoms with van der Waals surface area (Å²) in [5.41, 5.74) is 0.933. The molecule has 1 aromatic heterocycles. The number of nitrogens with zero attached hydrogens (tertiary/aromatic N) is 2. The minimum absolute atomic E-state index is 0.192. The SMILES string of the molecule is CSCCC(=O)N(Cc1ccccn1)C[C@@H]1CCCO1. The average molecular weight is 294 g/mol. The summed E-state index contributed by atoms with van der Waals surface area (Å²) in [4.78, 5) is 18.5. The molecule has 1 aliphatic rings. The molecule has 4 nitrogen and oxygen atoms in total. The lowest BCUT2D eigenvalue weighted by atomic mass is 10.2. The van der Waals surface area contributed by atoms with E-state index in [1.165, 1.54) is 0 Å². The molecule has 2 rings (SSSR count). The van der Waals surface area contributed by atoms with Crippen molar-refractivity contribution in [3.8, 4) is 0 Å². The van der Waals surface area contributed by atoms with E-state index in [4.69, 9.17) is 4.74 Å². The van der Waals surface area contributed by atoms with Crippen LogP contribution in [0.15, 0.2) is 24.4 Å². The van der Waals surface area contributed by atoms with Crippen LogP contribution in [0.5, 0.6) is 0 Å². The van der Waals surface area contributed by atoms with Gasteiger partial charge in [-0.25, -0.2) is 0 Å². The summed E-state index contributed by atoms with van der Waals surface area (Å²) in [7, 11) is 0. The van der Waals surface area contributed by atoms with E-state index in [2.05, 4.69) is 4.98 Å². The van der Waals surface area contributed by atoms with E-state index in [0.29, 0.717) is 19.5 Å². The maximum absolute atomic E-state index is 12.3. The van der Waals surface area contributed by atoms with E-state index in [9.17, 15) is 4.79 Å². The number of carbonyl (C=O) groups excluding carboxylic acids is 1. The highest BCUT2D eigenvalue weighted by atomic mass is 32.2. The van der Waals surface area contributed by atoms with Gasteiger partial charge in [-0.05, 0) is 31.2 Å². The minimum Gasteiger partial charge on any atom is -0.376 e. The van der Waals surface area contributed by atoms with Gasteiger partial charge >= 0.3 is 0 Å². The smallest absolute Gasteiger partial charge is 0.223 e. The Labute approximate surface area is 124 Å². The van der Waals surface area contributed by atoms with Crippen LogP contribution in [-0.2, 0) is 16.1 Å². The van der Waals surface area contributed by atoms with Crippen molar-refractivity contribution in [3.63, 3.8) is 0 Å². The highest BCUT2D eigenvalue weighted by Crippen LogP contribution is 2.15. The number of rotatable bonds is 7. The van der Waals surface area contributed by atoms with Crippen molar-refractivity contribution in [1.29, 1.82) is 0 Å². The molecule has 1 aliphatic heterocycles. The number of hydrogen-bond acceptors (Lipinski definition) is 4. The Bertz CT molecular complexity index is 408. The second-order valence-corrected chi connectivity index (χ2v) is 5.96. The third-order valence-corrected chi connectivity index (χ3v) is 4.01. The molecule has 1 saturated heterocycles. The predicted molar refractivity (Wildman–Crippen MR) is 81.6 cm³/mol. The van der Waals surface area contributed by atoms with Gasteiger partial charge in [0.15, 0.2) is 0 Å². The van der Waals surface area contributed by atoms with Crippen LogP contribution < -0.4 is 0 Å². The van der Waals surface area contributed by atoms with Gasteiger partial charge in [-0.1, -0.05) is 6.07 Å². The lowest BCUT2D eigenvalue weighted by molar-refractivity contribution is -0.133. The Balaban J connectivity index is 1.96. The molecule has 0 saturated carbocycles. The van der Waals surface area contributed by atoms with Gasteiger partial charge in [-0.2, -0.15) is 11.8 Å². The van der Waals surface area contributed by atoms with Gasteiger partial charge in [-0.3, -0.25) is 9.78 Å². The number of hydrogen-bond donors (Lipinski definition) is 0. The van der Waals surface area contributed by atoms with Crippen molar-refractivity contribution in [1.82, 2.24) is 9.88 Å². The van der Waals surface area contributed by atoms with E-state index >= 15 is 0 Å². The van der Waals surface area contributed by atoms with Crippen LogP contribution in [0.4, 0.5) is 0 Å².